The van der Waals surface area contributed by atoms with Gasteiger partial charge >= 0.3 is 6.16 Å². The fourth-order valence-electron chi connectivity index (χ4n) is 7.58. The lowest BCUT2D eigenvalue weighted by Gasteiger charge is -2.28. The van der Waals surface area contributed by atoms with Crippen molar-refractivity contribution in [3.63, 3.8) is 0 Å². The van der Waals surface area contributed by atoms with Gasteiger partial charge in [0.05, 0.1) is 42.2 Å². The number of benzene rings is 4. The average Bonchev–Trinajstić information content (AvgIpc) is 3.27. The van der Waals surface area contributed by atoms with Gasteiger partial charge in [0.1, 0.15) is 35.3 Å². The Bertz CT molecular complexity index is 3040. The van der Waals surface area contributed by atoms with Crippen molar-refractivity contribution in [2.45, 2.75) is 53.8 Å². The van der Waals surface area contributed by atoms with Gasteiger partial charge in [-0.1, -0.05) is 24.3 Å². The number of ketones is 4. The van der Waals surface area contributed by atoms with Crippen LogP contribution in [0.5, 0.6) is 11.5 Å². The number of para-hydroxylation sites is 4. The van der Waals surface area contributed by atoms with E-state index in [4.69, 9.17) is 38.9 Å². The van der Waals surface area contributed by atoms with E-state index in [9.17, 15) is 24.0 Å². The van der Waals surface area contributed by atoms with Gasteiger partial charge in [-0.25, -0.2) is 24.7 Å². The number of aromatic nitrogens is 4. The van der Waals surface area contributed by atoms with Gasteiger partial charge in [0, 0.05) is 42.4 Å². The molecule has 2 aromatic heterocycles. The molecule has 2 aliphatic rings. The summed E-state index contributed by atoms with van der Waals surface area (Å²) < 4.78 is 26.9. The number of hydrogen-bond acceptors (Lipinski definition) is 13. The van der Waals surface area contributed by atoms with E-state index in [0.29, 0.717) is 62.0 Å². The monoisotopic (exact) mass is 1110 g/mol. The van der Waals surface area contributed by atoms with E-state index in [1.54, 1.807) is 38.1 Å². The highest BCUT2D eigenvalue weighted by Gasteiger charge is 2.39. The fourth-order valence-corrected chi connectivity index (χ4v) is 10.3. The van der Waals surface area contributed by atoms with Gasteiger partial charge in [0.2, 0.25) is 0 Å². The first kappa shape index (κ1) is 45.1. The maximum atomic E-state index is 14.3. The zero-order valence-corrected chi connectivity index (χ0v) is 41.2. The highest BCUT2D eigenvalue weighted by molar-refractivity contribution is 9.11. The second-order valence-corrected chi connectivity index (χ2v) is 18.6. The van der Waals surface area contributed by atoms with E-state index in [1.165, 1.54) is 27.7 Å². The molecule has 64 heavy (non-hydrogen) atoms. The molecule has 2 atom stereocenters. The van der Waals surface area contributed by atoms with Gasteiger partial charge in [-0.2, -0.15) is 0 Å². The van der Waals surface area contributed by atoms with E-state index >= 15 is 0 Å². The standard InChI is InChI=1S/C47H34Br4N4O9/c1-19-21(3)43(58)35(23(5)41(19)56)33(17-61-45-27(50)15-25(48)37-39(45)54-31-13-9-7-11-29(31)52-37)63-47(60)64-34(36-24(6)42(57)20(2)22(4)44(36)59)18-62-46-28(51)16-26(49)38-40(46)55-32-14-10-8-12-30(32)53-38/h7-16,33-34H,17-18H2,1-6H3. The van der Waals surface area contributed by atoms with Crippen LogP contribution in [0.25, 0.3) is 44.1 Å². The first-order chi connectivity index (χ1) is 30.5. The van der Waals surface area contributed by atoms with Crippen molar-refractivity contribution < 1.29 is 42.9 Å². The van der Waals surface area contributed by atoms with E-state index in [-0.39, 0.29) is 56.1 Å². The van der Waals surface area contributed by atoms with E-state index in [0.717, 1.165) is 0 Å². The topological polar surface area (TPSA) is 174 Å². The number of nitrogens with zero attached hydrogens (tertiary/aromatic N) is 4. The maximum absolute atomic E-state index is 14.3. The van der Waals surface area contributed by atoms with Crippen LogP contribution in [-0.4, -0.2) is 74.6 Å². The molecular weight excluding hydrogens is 1080 g/mol. The first-order valence-electron chi connectivity index (χ1n) is 19.6. The number of halogens is 4. The summed E-state index contributed by atoms with van der Waals surface area (Å²) in [6, 6.07) is 18.0. The Labute approximate surface area is 398 Å². The minimum absolute atomic E-state index is 0.0448. The van der Waals surface area contributed by atoms with Crippen molar-refractivity contribution in [1.82, 2.24) is 19.9 Å². The van der Waals surface area contributed by atoms with E-state index in [1.807, 2.05) is 36.4 Å². The first-order valence-corrected chi connectivity index (χ1v) is 22.8. The number of fused-ring (bicyclic) bond motifs is 4. The predicted molar refractivity (Wildman–Crippen MR) is 253 cm³/mol. The number of allylic oxidation sites excluding steroid dienone is 6. The van der Waals surface area contributed by atoms with Crippen LogP contribution in [0.3, 0.4) is 0 Å². The molecule has 8 rings (SSSR count). The normalized spacial score (nSPS) is 15.9. The van der Waals surface area contributed by atoms with Gasteiger partial charge in [0.15, 0.2) is 46.8 Å². The van der Waals surface area contributed by atoms with E-state index < -0.39 is 54.7 Å². The fraction of sp³-hybridized carbons (Fsp3) is 0.213. The van der Waals surface area contributed by atoms with Crippen LogP contribution in [-0.2, 0) is 28.7 Å². The number of carbonyl (C=O) groups excluding carboxylic acids is 5. The number of carbonyl (C=O) groups is 5. The summed E-state index contributed by atoms with van der Waals surface area (Å²) in [6.07, 6.45) is -4.43. The highest BCUT2D eigenvalue weighted by atomic mass is 79.9. The van der Waals surface area contributed by atoms with Crippen molar-refractivity contribution in [3.8, 4) is 11.5 Å². The number of Topliss-reactive ketones (excluding diaryl/α,β-unsaturated/α-hetero) is 4. The van der Waals surface area contributed by atoms with Crippen LogP contribution in [0.4, 0.5) is 4.79 Å². The van der Waals surface area contributed by atoms with Crippen molar-refractivity contribution >= 4 is 137 Å². The Morgan fingerprint density at radius 2 is 0.781 bits per heavy atom. The average molecular weight is 1120 g/mol. The lowest BCUT2D eigenvalue weighted by molar-refractivity contribution is -0.118. The Balaban J connectivity index is 1.17. The Morgan fingerprint density at radius 1 is 0.469 bits per heavy atom. The third kappa shape index (κ3) is 8.11. The second-order valence-electron chi connectivity index (χ2n) is 15.1. The second kappa shape index (κ2) is 17.8. The van der Waals surface area contributed by atoms with Gasteiger partial charge < -0.3 is 18.9 Å². The van der Waals surface area contributed by atoms with Crippen molar-refractivity contribution in [1.29, 1.82) is 0 Å². The molecule has 2 unspecified atom stereocenters. The molecule has 4 aromatic carbocycles. The summed E-state index contributed by atoms with van der Waals surface area (Å²) in [5.41, 5.74) is 4.78. The molecule has 0 radical (unpaired) electrons. The lowest BCUT2D eigenvalue weighted by Crippen LogP contribution is -2.39. The predicted octanol–water partition coefficient (Wildman–Crippen LogP) is 10.9. The summed E-state index contributed by atoms with van der Waals surface area (Å²) in [4.78, 5) is 88.5. The SMILES string of the molecule is CC1=C(C)C(=O)C(C(COc2c(Br)cc(Br)c3nc4ccccc4nc23)OC(=O)OC(COc2c(Br)cc(Br)c3nc4ccccc4nc23)C2=C(C)C(=O)C(C)=C(C)C2=O)=C(C)C1=O. The summed E-state index contributed by atoms with van der Waals surface area (Å²) in [5.74, 6) is -1.47. The molecule has 17 heteroatoms. The number of hydrogen-bond donors (Lipinski definition) is 0. The molecule has 0 spiro atoms. The van der Waals surface area contributed by atoms with Crippen molar-refractivity contribution in [2.75, 3.05) is 13.2 Å². The molecule has 13 nitrogen and oxygen atoms in total. The van der Waals surface area contributed by atoms with Crippen molar-refractivity contribution in [3.05, 3.63) is 123 Å². The molecule has 0 bridgehead atoms. The van der Waals surface area contributed by atoms with Gasteiger partial charge in [-0.05, 0) is 142 Å². The molecule has 0 amide bonds. The van der Waals surface area contributed by atoms with Crippen LogP contribution in [0.15, 0.2) is 123 Å². The summed E-state index contributed by atoms with van der Waals surface area (Å²) >= 11 is 14.3. The Hall–Kier alpha value is -5.49. The van der Waals surface area contributed by atoms with Crippen LogP contribution in [0.2, 0.25) is 0 Å². The zero-order chi connectivity index (χ0) is 45.9. The van der Waals surface area contributed by atoms with E-state index in [2.05, 4.69) is 63.7 Å². The van der Waals surface area contributed by atoms with Crippen LogP contribution in [0.1, 0.15) is 41.5 Å². The zero-order valence-electron chi connectivity index (χ0n) is 34.8. The maximum Gasteiger partial charge on any atom is 0.509 e. The molecule has 0 N–H and O–H groups in total. The third-order valence-electron chi connectivity index (χ3n) is 11.3. The largest absolute Gasteiger partial charge is 0.509 e. The van der Waals surface area contributed by atoms with Gasteiger partial charge in [-0.15, -0.1) is 0 Å². The molecule has 2 aliphatic carbocycles. The van der Waals surface area contributed by atoms with Crippen LogP contribution < -0.4 is 9.47 Å². The molecule has 2 heterocycles. The molecule has 0 saturated heterocycles. The quantitative estimate of drug-likeness (QED) is 0.0721. The minimum Gasteiger partial charge on any atom is -0.486 e. The van der Waals surface area contributed by atoms with Crippen molar-refractivity contribution in [2.24, 2.45) is 0 Å². The molecule has 0 saturated carbocycles. The third-order valence-corrected chi connectivity index (χ3v) is 13.7. The Morgan fingerprint density at radius 3 is 1.12 bits per heavy atom. The van der Waals surface area contributed by atoms with Crippen LogP contribution in [0, 0.1) is 0 Å². The highest BCUT2D eigenvalue weighted by Crippen LogP contribution is 2.40. The number of rotatable bonds is 10. The summed E-state index contributed by atoms with van der Waals surface area (Å²) in [6.45, 7) is 8.07. The molecule has 324 valence electrons. The molecule has 0 fully saturated rings. The smallest absolute Gasteiger partial charge is 0.486 e. The molecular formula is C47H34Br4N4O9. The lowest BCUT2D eigenvalue weighted by atomic mass is 9.83. The van der Waals surface area contributed by atoms with Crippen LogP contribution >= 0.6 is 63.7 Å². The molecule has 6 aromatic rings. The minimum atomic E-state index is -1.54. The summed E-state index contributed by atoms with van der Waals surface area (Å²) in [5, 5.41) is 0. The van der Waals surface area contributed by atoms with Gasteiger partial charge in [0.25, 0.3) is 0 Å². The Kier molecular flexibility index (Phi) is 12.6. The number of ether oxygens (including phenoxy) is 4. The molecule has 0 aliphatic heterocycles. The van der Waals surface area contributed by atoms with Gasteiger partial charge in [-0.3, -0.25) is 19.2 Å². The summed E-state index contributed by atoms with van der Waals surface area (Å²) in [7, 11) is 0.